The third-order valence-corrected chi connectivity index (χ3v) is 4.44. The monoisotopic (exact) mass is 352 g/mol. The number of piperazine rings is 1. The van der Waals surface area contributed by atoms with E-state index in [0.29, 0.717) is 46.0 Å². The van der Waals surface area contributed by atoms with Crippen molar-refractivity contribution < 1.29 is 19.0 Å². The molecule has 0 aliphatic carbocycles. The normalized spacial score (nSPS) is 21.3. The predicted octanol–water partition coefficient (Wildman–Crippen LogP) is -0.757. The average Bonchev–Trinajstić information content (AvgIpc) is 2.63. The van der Waals surface area contributed by atoms with E-state index in [1.807, 2.05) is 0 Å². The van der Waals surface area contributed by atoms with Crippen LogP contribution < -0.4 is 15.3 Å². The lowest BCUT2D eigenvalue weighted by Crippen LogP contribution is -2.49. The number of amides is 1. The Morgan fingerprint density at radius 1 is 1.32 bits per heavy atom. The summed E-state index contributed by atoms with van der Waals surface area (Å²) in [5.41, 5.74) is -0.373. The molecule has 9 heteroatoms. The van der Waals surface area contributed by atoms with Crippen molar-refractivity contribution in [3.05, 3.63) is 16.6 Å². The fraction of sp³-hybridized carbons (Fsp3) is 0.688. The highest BCUT2D eigenvalue weighted by Crippen LogP contribution is 2.19. The molecule has 3 rings (SSSR count). The van der Waals surface area contributed by atoms with Crippen LogP contribution in [0.2, 0.25) is 0 Å². The molecule has 1 aromatic heterocycles. The van der Waals surface area contributed by atoms with Crippen LogP contribution in [0, 0.1) is 0 Å². The minimum absolute atomic E-state index is 0.0713. The molecule has 138 valence electrons. The molecule has 0 saturated carbocycles. The number of aromatic nitrogens is 2. The molecule has 3 heterocycles. The molecule has 2 aliphatic rings. The number of carbonyl (C=O) groups is 1. The van der Waals surface area contributed by atoms with Crippen molar-refractivity contribution in [1.29, 1.82) is 0 Å². The third-order valence-electron chi connectivity index (χ3n) is 4.44. The minimum Gasteiger partial charge on any atom is -0.475 e. The molecule has 0 radical (unpaired) electrons. The maximum atomic E-state index is 12.2. The Hall–Kier alpha value is -2.13. The fourth-order valence-corrected chi connectivity index (χ4v) is 2.95. The number of hydrogen-bond acceptors (Lipinski definition) is 7. The number of hydrogen-bond donors (Lipinski definition) is 0. The summed E-state index contributed by atoms with van der Waals surface area (Å²) in [6.45, 7) is 6.07. The van der Waals surface area contributed by atoms with Crippen LogP contribution >= 0.6 is 0 Å². The molecule has 1 amide bonds. The van der Waals surface area contributed by atoms with Crippen LogP contribution in [0.1, 0.15) is 6.92 Å². The third kappa shape index (κ3) is 4.29. The van der Waals surface area contributed by atoms with Gasteiger partial charge in [-0.2, -0.15) is 4.98 Å². The van der Waals surface area contributed by atoms with Crippen molar-refractivity contribution in [3.8, 4) is 5.88 Å². The second kappa shape index (κ2) is 7.83. The lowest BCUT2D eigenvalue weighted by atomic mass is 10.3. The maximum Gasteiger partial charge on any atom is 0.352 e. The van der Waals surface area contributed by atoms with Gasteiger partial charge in [-0.25, -0.2) is 4.79 Å². The second-order valence-electron chi connectivity index (χ2n) is 6.17. The van der Waals surface area contributed by atoms with Crippen LogP contribution in [0.4, 0.5) is 5.82 Å². The molecule has 0 bridgehead atoms. The Kier molecular flexibility index (Phi) is 5.54. The number of anilines is 1. The molecule has 1 unspecified atom stereocenters. The molecule has 1 aromatic rings. The van der Waals surface area contributed by atoms with Crippen molar-refractivity contribution in [2.75, 3.05) is 57.5 Å². The molecular formula is C16H24N4O5. The molecule has 25 heavy (non-hydrogen) atoms. The topological polar surface area (TPSA) is 86.1 Å². The van der Waals surface area contributed by atoms with E-state index in [0.717, 1.165) is 5.82 Å². The minimum atomic E-state index is -0.373. The number of ether oxygens (including phenoxy) is 3. The molecule has 2 aliphatic heterocycles. The first kappa shape index (κ1) is 17.7. The van der Waals surface area contributed by atoms with E-state index in [-0.39, 0.29) is 30.2 Å². The molecular weight excluding hydrogens is 328 g/mol. The summed E-state index contributed by atoms with van der Waals surface area (Å²) in [4.78, 5) is 31.4. The summed E-state index contributed by atoms with van der Waals surface area (Å²) in [6.07, 6.45) is -0.151. The summed E-state index contributed by atoms with van der Waals surface area (Å²) < 4.78 is 18.0. The second-order valence-corrected chi connectivity index (χ2v) is 6.17. The van der Waals surface area contributed by atoms with Crippen molar-refractivity contribution >= 4 is 11.7 Å². The Morgan fingerprint density at radius 3 is 2.72 bits per heavy atom. The Balaban J connectivity index is 1.68. The standard InChI is InChI=1S/C16H24N4O5/c1-12(21)19-3-5-20(6-4-19)15-9-14(17-16(22)18(15)2)25-11-13-10-23-7-8-24-13/h9,13H,3-8,10-11H2,1-2H3. The van der Waals surface area contributed by atoms with Crippen LogP contribution in [-0.2, 0) is 21.3 Å². The van der Waals surface area contributed by atoms with E-state index in [2.05, 4.69) is 9.88 Å². The Labute approximate surface area is 146 Å². The van der Waals surface area contributed by atoms with Gasteiger partial charge in [0.05, 0.1) is 19.8 Å². The number of rotatable bonds is 4. The van der Waals surface area contributed by atoms with E-state index in [1.165, 1.54) is 4.57 Å². The summed E-state index contributed by atoms with van der Waals surface area (Å²) >= 11 is 0. The van der Waals surface area contributed by atoms with Crippen molar-refractivity contribution in [3.63, 3.8) is 0 Å². The maximum absolute atomic E-state index is 12.2. The smallest absolute Gasteiger partial charge is 0.352 e. The molecule has 2 saturated heterocycles. The van der Waals surface area contributed by atoms with Crippen LogP contribution in [0.15, 0.2) is 10.9 Å². The molecule has 0 aromatic carbocycles. The molecule has 2 fully saturated rings. The van der Waals surface area contributed by atoms with Gasteiger partial charge in [-0.05, 0) is 0 Å². The zero-order valence-electron chi connectivity index (χ0n) is 14.6. The van der Waals surface area contributed by atoms with Crippen LogP contribution in [0.25, 0.3) is 0 Å². The van der Waals surface area contributed by atoms with Crippen molar-refractivity contribution in [2.24, 2.45) is 7.05 Å². The van der Waals surface area contributed by atoms with Gasteiger partial charge in [0.25, 0.3) is 0 Å². The average molecular weight is 352 g/mol. The van der Waals surface area contributed by atoms with Gasteiger partial charge >= 0.3 is 5.69 Å². The number of nitrogens with zero attached hydrogens (tertiary/aromatic N) is 4. The lowest BCUT2D eigenvalue weighted by Gasteiger charge is -2.36. The van der Waals surface area contributed by atoms with Gasteiger partial charge in [0.15, 0.2) is 0 Å². The van der Waals surface area contributed by atoms with Crippen LogP contribution in [0.3, 0.4) is 0 Å². The fourth-order valence-electron chi connectivity index (χ4n) is 2.95. The van der Waals surface area contributed by atoms with Gasteiger partial charge in [0, 0.05) is 46.2 Å². The van der Waals surface area contributed by atoms with Gasteiger partial charge < -0.3 is 24.0 Å². The van der Waals surface area contributed by atoms with Gasteiger partial charge in [0.2, 0.25) is 11.8 Å². The molecule has 1 atom stereocenters. The number of carbonyl (C=O) groups excluding carboxylic acids is 1. The summed E-state index contributed by atoms with van der Waals surface area (Å²) in [5, 5.41) is 0. The van der Waals surface area contributed by atoms with Crippen molar-refractivity contribution in [2.45, 2.75) is 13.0 Å². The van der Waals surface area contributed by atoms with Crippen LogP contribution in [0.5, 0.6) is 5.88 Å². The first-order chi connectivity index (χ1) is 12.0. The van der Waals surface area contributed by atoms with Gasteiger partial charge in [0.1, 0.15) is 18.5 Å². The highest BCUT2D eigenvalue weighted by Gasteiger charge is 2.22. The van der Waals surface area contributed by atoms with E-state index in [9.17, 15) is 9.59 Å². The van der Waals surface area contributed by atoms with Gasteiger partial charge in [-0.3, -0.25) is 9.36 Å². The van der Waals surface area contributed by atoms with Gasteiger partial charge in [-0.1, -0.05) is 0 Å². The summed E-state index contributed by atoms with van der Waals surface area (Å²) in [7, 11) is 1.68. The Bertz CT molecular complexity index is 663. The highest BCUT2D eigenvalue weighted by molar-refractivity contribution is 5.73. The quantitative estimate of drug-likeness (QED) is 0.704. The van der Waals surface area contributed by atoms with E-state index in [4.69, 9.17) is 14.2 Å². The Morgan fingerprint density at radius 2 is 2.08 bits per heavy atom. The first-order valence-corrected chi connectivity index (χ1v) is 8.45. The lowest BCUT2D eigenvalue weighted by molar-refractivity contribution is -0.129. The largest absolute Gasteiger partial charge is 0.475 e. The van der Waals surface area contributed by atoms with E-state index in [1.54, 1.807) is 24.9 Å². The highest BCUT2D eigenvalue weighted by atomic mass is 16.6. The van der Waals surface area contributed by atoms with Crippen molar-refractivity contribution in [1.82, 2.24) is 14.5 Å². The SMILES string of the molecule is CC(=O)N1CCN(c2cc(OCC3COCCO3)nc(=O)n2C)CC1. The zero-order chi connectivity index (χ0) is 17.8. The van der Waals surface area contributed by atoms with Gasteiger partial charge in [-0.15, -0.1) is 0 Å². The summed E-state index contributed by atoms with van der Waals surface area (Å²) in [5.74, 6) is 1.09. The van der Waals surface area contributed by atoms with E-state index >= 15 is 0 Å². The van der Waals surface area contributed by atoms with Crippen LogP contribution in [-0.4, -0.2) is 79.1 Å². The predicted molar refractivity (Wildman–Crippen MR) is 90.0 cm³/mol. The molecule has 0 N–H and O–H groups in total. The molecule has 0 spiro atoms. The zero-order valence-corrected chi connectivity index (χ0v) is 14.6. The summed E-state index contributed by atoms with van der Waals surface area (Å²) in [6, 6.07) is 1.76. The van der Waals surface area contributed by atoms with E-state index < -0.39 is 0 Å². The first-order valence-electron chi connectivity index (χ1n) is 8.45. The molecule has 9 nitrogen and oxygen atoms in total.